The van der Waals surface area contributed by atoms with Gasteiger partial charge in [-0.3, -0.25) is 4.79 Å². The number of carbonyl (C=O) groups is 1. The summed E-state index contributed by atoms with van der Waals surface area (Å²) in [5.41, 5.74) is -0.384. The molecule has 2 N–H and O–H groups in total. The van der Waals surface area contributed by atoms with E-state index in [1.165, 1.54) is 0 Å². The lowest BCUT2D eigenvalue weighted by molar-refractivity contribution is -0.120. The zero-order valence-corrected chi connectivity index (χ0v) is 10.9. The highest BCUT2D eigenvalue weighted by molar-refractivity contribution is 7.92. The number of carbonyl (C=O) groups excluding carboxylic acids is 1. The van der Waals surface area contributed by atoms with Crippen LogP contribution in [0, 0.1) is 5.92 Å². The third-order valence-corrected chi connectivity index (χ3v) is 3.90. The van der Waals surface area contributed by atoms with Gasteiger partial charge in [-0.1, -0.05) is 0 Å². The average Bonchev–Trinajstić information content (AvgIpc) is 1.91. The molecule has 0 spiro atoms. The van der Waals surface area contributed by atoms with Gasteiger partial charge in [-0.2, -0.15) is 0 Å². The summed E-state index contributed by atoms with van der Waals surface area (Å²) in [5.74, 6) is -0.537. The van der Waals surface area contributed by atoms with Crippen molar-refractivity contribution in [2.45, 2.75) is 26.3 Å². The number of hydrogen-bond donors (Lipinski definition) is 2. The maximum Gasteiger partial charge on any atom is 0.235 e. The largest absolute Gasteiger partial charge is 0.351 e. The fraction of sp³-hybridized carbons (Fsp3) is 0.900. The van der Waals surface area contributed by atoms with E-state index in [2.05, 4.69) is 10.6 Å². The quantitative estimate of drug-likeness (QED) is 0.705. The normalized spacial score (nSPS) is 17.9. The maximum atomic E-state index is 11.6. The summed E-state index contributed by atoms with van der Waals surface area (Å²) in [6, 6.07) is 0. The van der Waals surface area contributed by atoms with Crippen LogP contribution in [0.3, 0.4) is 0 Å². The van der Waals surface area contributed by atoms with E-state index in [4.69, 9.17) is 0 Å². The van der Waals surface area contributed by atoms with E-state index in [-0.39, 0.29) is 17.2 Å². The molecule has 0 aliphatic carbocycles. The van der Waals surface area contributed by atoms with Crippen molar-refractivity contribution in [3.8, 4) is 0 Å². The van der Waals surface area contributed by atoms with Crippen LogP contribution >= 0.6 is 0 Å². The fourth-order valence-electron chi connectivity index (χ4n) is 1.54. The van der Waals surface area contributed by atoms with Crippen LogP contribution in [0.25, 0.3) is 0 Å². The van der Waals surface area contributed by atoms with E-state index in [0.717, 1.165) is 13.1 Å². The molecular weight excluding hydrogens is 228 g/mol. The lowest BCUT2D eigenvalue weighted by atomic mass is 10.1. The molecule has 1 heterocycles. The van der Waals surface area contributed by atoms with Crippen LogP contribution in [0.4, 0.5) is 0 Å². The van der Waals surface area contributed by atoms with Gasteiger partial charge in [-0.05, 0) is 26.7 Å². The Morgan fingerprint density at radius 3 is 2.31 bits per heavy atom. The molecule has 0 bridgehead atoms. The Hall–Kier alpha value is -0.620. The van der Waals surface area contributed by atoms with Gasteiger partial charge in [0.05, 0.1) is 5.75 Å². The van der Waals surface area contributed by atoms with Crippen LogP contribution in [0.1, 0.15) is 20.8 Å². The Morgan fingerprint density at radius 1 is 1.38 bits per heavy atom. The van der Waals surface area contributed by atoms with Gasteiger partial charge >= 0.3 is 0 Å². The van der Waals surface area contributed by atoms with Gasteiger partial charge in [0.2, 0.25) is 5.91 Å². The molecule has 0 aromatic carbocycles. The van der Waals surface area contributed by atoms with Gasteiger partial charge in [0, 0.05) is 18.6 Å². The molecule has 0 atom stereocenters. The van der Waals surface area contributed by atoms with Crippen LogP contribution in [0.5, 0.6) is 0 Å². The SMILES string of the molecule is CC(C)(C)NC(=O)CS(=O)(=O)CC1CNC1. The predicted octanol–water partition coefficient (Wildman–Crippen LogP) is -0.465. The molecule has 0 aromatic heterocycles. The lowest BCUT2D eigenvalue weighted by Crippen LogP contribution is -2.48. The standard InChI is InChI=1S/C10H20N2O3S/c1-10(2,3)12-9(13)7-16(14,15)6-8-4-11-5-8/h8,11H,4-7H2,1-3H3,(H,12,13). The molecule has 1 amide bonds. The number of hydrogen-bond acceptors (Lipinski definition) is 4. The van der Waals surface area contributed by atoms with Gasteiger partial charge in [-0.15, -0.1) is 0 Å². The van der Waals surface area contributed by atoms with Crippen LogP contribution in [-0.2, 0) is 14.6 Å². The lowest BCUT2D eigenvalue weighted by Gasteiger charge is -2.27. The molecule has 5 nitrogen and oxygen atoms in total. The van der Waals surface area contributed by atoms with Crippen LogP contribution in [0.15, 0.2) is 0 Å². The minimum Gasteiger partial charge on any atom is -0.351 e. The first-order valence-corrected chi connectivity index (χ1v) is 7.22. The van der Waals surface area contributed by atoms with E-state index < -0.39 is 21.5 Å². The van der Waals surface area contributed by atoms with Crippen molar-refractivity contribution in [1.29, 1.82) is 0 Å². The summed E-state index contributed by atoms with van der Waals surface area (Å²) in [7, 11) is -3.27. The highest BCUT2D eigenvalue weighted by Gasteiger charge is 2.27. The zero-order valence-electron chi connectivity index (χ0n) is 10.0. The topological polar surface area (TPSA) is 75.3 Å². The molecular formula is C10H20N2O3S. The second kappa shape index (κ2) is 4.71. The monoisotopic (exact) mass is 248 g/mol. The van der Waals surface area contributed by atoms with Crippen molar-refractivity contribution in [2.75, 3.05) is 24.6 Å². The summed E-state index contributed by atoms with van der Waals surface area (Å²) in [5, 5.41) is 5.66. The number of amides is 1. The Labute approximate surface area is 96.9 Å². The van der Waals surface area contributed by atoms with E-state index in [9.17, 15) is 13.2 Å². The van der Waals surface area contributed by atoms with Crippen molar-refractivity contribution >= 4 is 15.7 Å². The first-order valence-electron chi connectivity index (χ1n) is 5.40. The first-order chi connectivity index (χ1) is 7.18. The smallest absolute Gasteiger partial charge is 0.235 e. The summed E-state index contributed by atoms with van der Waals surface area (Å²) in [6.07, 6.45) is 0. The third kappa shape index (κ3) is 4.94. The summed E-state index contributed by atoms with van der Waals surface area (Å²) >= 11 is 0. The van der Waals surface area contributed by atoms with Crippen LogP contribution in [0.2, 0.25) is 0 Å². The molecule has 0 unspecified atom stereocenters. The molecule has 1 saturated heterocycles. The van der Waals surface area contributed by atoms with Gasteiger partial charge in [-0.25, -0.2) is 8.42 Å². The minimum atomic E-state index is -3.27. The highest BCUT2D eigenvalue weighted by Crippen LogP contribution is 2.08. The maximum absolute atomic E-state index is 11.6. The molecule has 6 heteroatoms. The van der Waals surface area contributed by atoms with E-state index in [0.29, 0.717) is 0 Å². The molecule has 1 aliphatic rings. The van der Waals surface area contributed by atoms with Crippen molar-refractivity contribution in [2.24, 2.45) is 5.92 Å². The van der Waals surface area contributed by atoms with Gasteiger partial charge in [0.25, 0.3) is 0 Å². The summed E-state index contributed by atoms with van der Waals surface area (Å²) in [4.78, 5) is 11.5. The minimum absolute atomic E-state index is 0.109. The van der Waals surface area contributed by atoms with Gasteiger partial charge in [0.15, 0.2) is 9.84 Å². The van der Waals surface area contributed by atoms with Crippen molar-refractivity contribution in [3.63, 3.8) is 0 Å². The van der Waals surface area contributed by atoms with E-state index in [1.807, 2.05) is 20.8 Å². The molecule has 0 saturated carbocycles. The Kier molecular flexibility index (Phi) is 3.96. The molecule has 94 valence electrons. The van der Waals surface area contributed by atoms with E-state index in [1.54, 1.807) is 0 Å². The molecule has 1 fully saturated rings. The fourth-order valence-corrected chi connectivity index (χ4v) is 3.08. The number of rotatable bonds is 4. The third-order valence-electron chi connectivity index (χ3n) is 2.22. The molecule has 1 rings (SSSR count). The molecule has 1 aliphatic heterocycles. The Balaban J connectivity index is 2.42. The van der Waals surface area contributed by atoms with Gasteiger partial charge < -0.3 is 10.6 Å². The van der Waals surface area contributed by atoms with Gasteiger partial charge in [0.1, 0.15) is 5.75 Å². The predicted molar refractivity (Wildman–Crippen MR) is 62.9 cm³/mol. The molecule has 16 heavy (non-hydrogen) atoms. The van der Waals surface area contributed by atoms with Crippen molar-refractivity contribution < 1.29 is 13.2 Å². The first kappa shape index (κ1) is 13.4. The summed E-state index contributed by atoms with van der Waals surface area (Å²) < 4.78 is 23.3. The van der Waals surface area contributed by atoms with Crippen LogP contribution < -0.4 is 10.6 Å². The number of sulfone groups is 1. The zero-order chi connectivity index (χ0) is 12.4. The summed E-state index contributed by atoms with van der Waals surface area (Å²) in [6.45, 7) is 6.95. The Bertz CT molecular complexity index is 353. The Morgan fingerprint density at radius 2 is 1.94 bits per heavy atom. The van der Waals surface area contributed by atoms with Crippen molar-refractivity contribution in [3.05, 3.63) is 0 Å². The van der Waals surface area contributed by atoms with E-state index >= 15 is 0 Å². The second-order valence-electron chi connectivity index (χ2n) is 5.38. The molecule has 0 radical (unpaired) electrons. The highest BCUT2D eigenvalue weighted by atomic mass is 32.2. The average molecular weight is 248 g/mol. The van der Waals surface area contributed by atoms with Crippen LogP contribution in [-0.4, -0.2) is 44.5 Å². The molecule has 0 aromatic rings. The van der Waals surface area contributed by atoms with Crippen molar-refractivity contribution in [1.82, 2.24) is 10.6 Å². The number of nitrogens with one attached hydrogen (secondary N) is 2. The second-order valence-corrected chi connectivity index (χ2v) is 7.49.